The molecule has 0 fully saturated rings. The largest absolute Gasteiger partial charge is 0.465 e. The molecule has 5 nitrogen and oxygen atoms in total. The molecule has 2 rings (SSSR count). The second kappa shape index (κ2) is 6.29. The van der Waals surface area contributed by atoms with Gasteiger partial charge in [0.1, 0.15) is 5.82 Å². The smallest absolute Gasteiger partial charge is 0.338 e. The zero-order chi connectivity index (χ0) is 13.7. The number of rotatable bonds is 5. The van der Waals surface area contributed by atoms with Gasteiger partial charge < -0.3 is 10.1 Å². The van der Waals surface area contributed by atoms with Crippen molar-refractivity contribution in [2.75, 3.05) is 19.0 Å². The Morgan fingerprint density at radius 3 is 3.00 bits per heavy atom. The van der Waals surface area contributed by atoms with E-state index < -0.39 is 0 Å². The molecule has 0 bridgehead atoms. The molecule has 2 aromatic heterocycles. The maximum absolute atomic E-state index is 11.4. The van der Waals surface area contributed by atoms with Crippen molar-refractivity contribution in [3.8, 4) is 0 Å². The fourth-order valence-corrected chi connectivity index (χ4v) is 2.29. The SMILES string of the molecule is COC(=O)c1ccnc(NCC(C)c2nccs2)c1. The number of carbonyl (C=O) groups is 1. The molecule has 1 atom stereocenters. The highest BCUT2D eigenvalue weighted by Gasteiger charge is 2.10. The summed E-state index contributed by atoms with van der Waals surface area (Å²) < 4.78 is 4.67. The van der Waals surface area contributed by atoms with E-state index in [0.29, 0.717) is 23.8 Å². The standard InChI is InChI=1S/C13H15N3O2S/c1-9(12-15-5-6-19-12)8-16-11-7-10(3-4-14-11)13(17)18-2/h3-7,9H,8H2,1-2H3,(H,14,16). The Labute approximate surface area is 115 Å². The van der Waals surface area contributed by atoms with Gasteiger partial charge >= 0.3 is 5.97 Å². The number of ether oxygens (including phenoxy) is 1. The zero-order valence-corrected chi connectivity index (χ0v) is 11.6. The lowest BCUT2D eigenvalue weighted by Gasteiger charge is -2.11. The molecule has 0 spiro atoms. The van der Waals surface area contributed by atoms with Crippen LogP contribution in [0.1, 0.15) is 28.2 Å². The number of methoxy groups -OCH3 is 1. The summed E-state index contributed by atoms with van der Waals surface area (Å²) in [6, 6.07) is 3.31. The Balaban J connectivity index is 1.98. The molecule has 0 aromatic carbocycles. The lowest BCUT2D eigenvalue weighted by molar-refractivity contribution is 0.0600. The van der Waals surface area contributed by atoms with E-state index in [1.165, 1.54) is 7.11 Å². The third-order valence-corrected chi connectivity index (χ3v) is 3.65. The van der Waals surface area contributed by atoms with E-state index in [1.807, 2.05) is 5.38 Å². The van der Waals surface area contributed by atoms with Crippen LogP contribution >= 0.6 is 11.3 Å². The summed E-state index contributed by atoms with van der Waals surface area (Å²) in [5, 5.41) is 6.24. The number of carbonyl (C=O) groups excluding carboxylic acids is 1. The summed E-state index contributed by atoms with van der Waals surface area (Å²) in [5.41, 5.74) is 0.488. The van der Waals surface area contributed by atoms with E-state index in [1.54, 1.807) is 35.9 Å². The van der Waals surface area contributed by atoms with Gasteiger partial charge in [-0.05, 0) is 12.1 Å². The number of nitrogens with zero attached hydrogens (tertiary/aromatic N) is 2. The number of nitrogens with one attached hydrogen (secondary N) is 1. The number of anilines is 1. The number of aromatic nitrogens is 2. The third kappa shape index (κ3) is 3.51. The fourth-order valence-electron chi connectivity index (χ4n) is 1.59. The van der Waals surface area contributed by atoms with E-state index in [-0.39, 0.29) is 5.97 Å². The van der Waals surface area contributed by atoms with Crippen molar-refractivity contribution in [3.05, 3.63) is 40.5 Å². The first-order valence-electron chi connectivity index (χ1n) is 5.88. The summed E-state index contributed by atoms with van der Waals surface area (Å²) >= 11 is 1.63. The molecule has 0 aliphatic rings. The Morgan fingerprint density at radius 2 is 2.32 bits per heavy atom. The number of pyridine rings is 1. The van der Waals surface area contributed by atoms with Crippen LogP contribution in [0.2, 0.25) is 0 Å². The zero-order valence-electron chi connectivity index (χ0n) is 10.8. The van der Waals surface area contributed by atoms with Crippen LogP contribution in [0.5, 0.6) is 0 Å². The maximum Gasteiger partial charge on any atom is 0.338 e. The highest BCUT2D eigenvalue weighted by atomic mass is 32.1. The van der Waals surface area contributed by atoms with Crippen LogP contribution in [0.4, 0.5) is 5.82 Å². The predicted octanol–water partition coefficient (Wildman–Crippen LogP) is 2.54. The van der Waals surface area contributed by atoms with Crippen molar-refractivity contribution in [1.82, 2.24) is 9.97 Å². The minimum atomic E-state index is -0.363. The number of hydrogen-bond donors (Lipinski definition) is 1. The number of thiazole rings is 1. The van der Waals surface area contributed by atoms with E-state index >= 15 is 0 Å². The molecular formula is C13H15N3O2S. The minimum absolute atomic E-state index is 0.295. The van der Waals surface area contributed by atoms with Crippen molar-refractivity contribution in [2.45, 2.75) is 12.8 Å². The molecule has 0 amide bonds. The molecule has 6 heteroatoms. The Morgan fingerprint density at radius 1 is 1.47 bits per heavy atom. The minimum Gasteiger partial charge on any atom is -0.465 e. The average molecular weight is 277 g/mol. The topological polar surface area (TPSA) is 64.1 Å². The molecule has 2 aromatic rings. The highest BCUT2D eigenvalue weighted by molar-refractivity contribution is 7.09. The second-order valence-electron chi connectivity index (χ2n) is 4.07. The van der Waals surface area contributed by atoms with Crippen molar-refractivity contribution in [1.29, 1.82) is 0 Å². The Kier molecular flexibility index (Phi) is 4.46. The van der Waals surface area contributed by atoms with Gasteiger partial charge in [-0.25, -0.2) is 14.8 Å². The monoisotopic (exact) mass is 277 g/mol. The van der Waals surface area contributed by atoms with Crippen LogP contribution in [0.3, 0.4) is 0 Å². The Bertz CT molecular complexity index is 543. The van der Waals surface area contributed by atoms with Gasteiger partial charge in [-0.3, -0.25) is 0 Å². The van der Waals surface area contributed by atoms with Crippen LogP contribution in [0, 0.1) is 0 Å². The lowest BCUT2D eigenvalue weighted by Crippen LogP contribution is -2.11. The molecule has 0 aliphatic heterocycles. The van der Waals surface area contributed by atoms with Gasteiger partial charge in [-0.1, -0.05) is 6.92 Å². The molecule has 0 saturated carbocycles. The van der Waals surface area contributed by atoms with Crippen molar-refractivity contribution >= 4 is 23.1 Å². The average Bonchev–Trinajstić information content (AvgIpc) is 2.98. The van der Waals surface area contributed by atoms with Crippen molar-refractivity contribution in [3.63, 3.8) is 0 Å². The summed E-state index contributed by atoms with van der Waals surface area (Å²) in [6.07, 6.45) is 3.38. The maximum atomic E-state index is 11.4. The molecule has 100 valence electrons. The van der Waals surface area contributed by atoms with Crippen LogP contribution < -0.4 is 5.32 Å². The molecule has 2 heterocycles. The number of hydrogen-bond acceptors (Lipinski definition) is 6. The molecule has 19 heavy (non-hydrogen) atoms. The summed E-state index contributed by atoms with van der Waals surface area (Å²) in [7, 11) is 1.36. The van der Waals surface area contributed by atoms with E-state index in [2.05, 4.69) is 26.9 Å². The van der Waals surface area contributed by atoms with Gasteiger partial charge in [0.15, 0.2) is 0 Å². The van der Waals surface area contributed by atoms with Gasteiger partial charge in [0.2, 0.25) is 0 Å². The first-order valence-corrected chi connectivity index (χ1v) is 6.76. The number of esters is 1. The third-order valence-electron chi connectivity index (χ3n) is 2.64. The molecule has 0 saturated heterocycles. The summed E-state index contributed by atoms with van der Waals surface area (Å²) in [4.78, 5) is 19.8. The van der Waals surface area contributed by atoms with Crippen LogP contribution in [0.15, 0.2) is 29.9 Å². The summed E-state index contributed by atoms with van der Waals surface area (Å²) in [5.74, 6) is 0.591. The van der Waals surface area contributed by atoms with Crippen molar-refractivity contribution < 1.29 is 9.53 Å². The molecule has 1 N–H and O–H groups in total. The lowest BCUT2D eigenvalue weighted by atomic mass is 10.2. The first-order chi connectivity index (χ1) is 9.20. The predicted molar refractivity (Wildman–Crippen MR) is 74.6 cm³/mol. The van der Waals surface area contributed by atoms with Crippen molar-refractivity contribution in [2.24, 2.45) is 0 Å². The van der Waals surface area contributed by atoms with Gasteiger partial charge in [-0.2, -0.15) is 0 Å². The van der Waals surface area contributed by atoms with Crippen LogP contribution in [0.25, 0.3) is 0 Å². The van der Waals surface area contributed by atoms with Gasteiger partial charge in [0.05, 0.1) is 17.7 Å². The van der Waals surface area contributed by atoms with E-state index in [4.69, 9.17) is 0 Å². The van der Waals surface area contributed by atoms with E-state index in [0.717, 1.165) is 5.01 Å². The highest BCUT2D eigenvalue weighted by Crippen LogP contribution is 2.18. The quantitative estimate of drug-likeness (QED) is 0.851. The normalized spacial score (nSPS) is 11.9. The van der Waals surface area contributed by atoms with E-state index in [9.17, 15) is 4.79 Å². The first kappa shape index (κ1) is 13.5. The van der Waals surface area contributed by atoms with Crippen LogP contribution in [-0.2, 0) is 4.74 Å². The second-order valence-corrected chi connectivity index (χ2v) is 5.00. The van der Waals surface area contributed by atoms with Crippen LogP contribution in [-0.4, -0.2) is 29.6 Å². The fraction of sp³-hybridized carbons (Fsp3) is 0.308. The van der Waals surface area contributed by atoms with Gasteiger partial charge in [-0.15, -0.1) is 11.3 Å². The van der Waals surface area contributed by atoms with Gasteiger partial charge in [0, 0.05) is 30.2 Å². The summed E-state index contributed by atoms with van der Waals surface area (Å²) in [6.45, 7) is 2.81. The molecule has 0 radical (unpaired) electrons. The molecule has 0 aliphatic carbocycles. The molecular weight excluding hydrogens is 262 g/mol. The Hall–Kier alpha value is -1.95. The molecule has 1 unspecified atom stereocenters. The van der Waals surface area contributed by atoms with Gasteiger partial charge in [0.25, 0.3) is 0 Å².